The Kier molecular flexibility index (Phi) is 9.25. The van der Waals surface area contributed by atoms with Crippen molar-refractivity contribution in [3.05, 3.63) is 0 Å². The normalized spacial score (nSPS) is 18.4. The summed E-state index contributed by atoms with van der Waals surface area (Å²) in [6.45, 7) is 8.41. The number of amides is 1. The molecule has 17 heavy (non-hydrogen) atoms. The highest BCUT2D eigenvalue weighted by Gasteiger charge is 2.31. The van der Waals surface area contributed by atoms with E-state index in [1.807, 2.05) is 6.92 Å². The Hall–Kier alpha value is -0.0300. The van der Waals surface area contributed by atoms with Crippen LogP contribution in [0, 0.1) is 11.8 Å². The molecule has 0 saturated carbocycles. The quantitative estimate of drug-likeness (QED) is 0.704. The van der Waals surface area contributed by atoms with Gasteiger partial charge < -0.3 is 16.4 Å². The highest BCUT2D eigenvalue weighted by molar-refractivity contribution is 5.85. The summed E-state index contributed by atoms with van der Waals surface area (Å²) < 4.78 is 0. The lowest BCUT2D eigenvalue weighted by molar-refractivity contribution is -0.128. The van der Waals surface area contributed by atoms with E-state index in [0.29, 0.717) is 12.5 Å². The molecule has 1 atom stereocenters. The molecule has 1 saturated heterocycles. The number of halogens is 2. The molecule has 1 heterocycles. The van der Waals surface area contributed by atoms with Crippen molar-refractivity contribution in [1.82, 2.24) is 10.6 Å². The molecule has 0 aromatic rings. The zero-order valence-electron chi connectivity index (χ0n) is 10.8. The Balaban J connectivity index is 0. The van der Waals surface area contributed by atoms with Gasteiger partial charge in [-0.15, -0.1) is 24.8 Å². The first-order valence-electron chi connectivity index (χ1n) is 5.69. The van der Waals surface area contributed by atoms with Crippen LogP contribution in [-0.2, 0) is 4.79 Å². The second-order valence-electron chi connectivity index (χ2n) is 5.21. The van der Waals surface area contributed by atoms with Crippen molar-refractivity contribution in [2.24, 2.45) is 17.6 Å². The van der Waals surface area contributed by atoms with E-state index in [0.717, 1.165) is 19.5 Å². The van der Waals surface area contributed by atoms with Crippen LogP contribution >= 0.6 is 24.8 Å². The van der Waals surface area contributed by atoms with Crippen LogP contribution < -0.4 is 16.4 Å². The minimum Gasteiger partial charge on any atom is -0.349 e. The van der Waals surface area contributed by atoms with E-state index < -0.39 is 0 Å². The van der Waals surface area contributed by atoms with Gasteiger partial charge in [0, 0.05) is 25.2 Å². The first-order chi connectivity index (χ1) is 6.97. The molecule has 4 nitrogen and oxygen atoms in total. The monoisotopic (exact) mass is 285 g/mol. The molecule has 0 aromatic heterocycles. The molecule has 0 bridgehead atoms. The number of carbonyl (C=O) groups is 1. The smallest absolute Gasteiger partial charge is 0.226 e. The molecule has 1 amide bonds. The van der Waals surface area contributed by atoms with Gasteiger partial charge in [-0.25, -0.2) is 0 Å². The topological polar surface area (TPSA) is 67.1 Å². The zero-order chi connectivity index (χ0) is 11.5. The lowest BCUT2D eigenvalue weighted by Gasteiger charge is -2.35. The SMILES string of the molecule is CC(C)CC(C)(CN)NC(=O)C1CNC1.Cl.Cl. The van der Waals surface area contributed by atoms with Gasteiger partial charge in [-0.05, 0) is 19.3 Å². The maximum Gasteiger partial charge on any atom is 0.226 e. The summed E-state index contributed by atoms with van der Waals surface area (Å²) >= 11 is 0. The van der Waals surface area contributed by atoms with Gasteiger partial charge in [0.25, 0.3) is 0 Å². The molecule has 1 fully saturated rings. The average Bonchev–Trinajstić information content (AvgIpc) is 1.98. The molecule has 104 valence electrons. The number of hydrogen-bond acceptors (Lipinski definition) is 3. The summed E-state index contributed by atoms with van der Waals surface area (Å²) in [6.07, 6.45) is 0.926. The summed E-state index contributed by atoms with van der Waals surface area (Å²) in [5.74, 6) is 0.823. The highest BCUT2D eigenvalue weighted by Crippen LogP contribution is 2.16. The Morgan fingerprint density at radius 2 is 2.00 bits per heavy atom. The molecule has 0 aliphatic carbocycles. The molecule has 4 N–H and O–H groups in total. The molecule has 1 unspecified atom stereocenters. The highest BCUT2D eigenvalue weighted by atomic mass is 35.5. The fourth-order valence-electron chi connectivity index (χ4n) is 1.96. The molecule has 0 aromatic carbocycles. The molecular formula is C11H25Cl2N3O. The Labute approximate surface area is 116 Å². The summed E-state index contributed by atoms with van der Waals surface area (Å²) in [6, 6.07) is 0. The maximum absolute atomic E-state index is 11.8. The summed E-state index contributed by atoms with van der Waals surface area (Å²) in [4.78, 5) is 11.8. The van der Waals surface area contributed by atoms with E-state index in [9.17, 15) is 4.79 Å². The third-order valence-electron chi connectivity index (χ3n) is 2.89. The molecule has 1 aliphatic rings. The van der Waals surface area contributed by atoms with Gasteiger partial charge in [0.05, 0.1) is 5.92 Å². The van der Waals surface area contributed by atoms with E-state index >= 15 is 0 Å². The third-order valence-corrected chi connectivity index (χ3v) is 2.89. The molecule has 1 aliphatic heterocycles. The number of hydrogen-bond donors (Lipinski definition) is 3. The number of rotatable bonds is 5. The number of nitrogens with two attached hydrogens (primary N) is 1. The maximum atomic E-state index is 11.8. The molecule has 0 radical (unpaired) electrons. The minimum atomic E-state index is -0.249. The van der Waals surface area contributed by atoms with E-state index in [4.69, 9.17) is 5.73 Å². The first kappa shape index (κ1) is 19.3. The van der Waals surface area contributed by atoms with Gasteiger partial charge in [-0.1, -0.05) is 13.8 Å². The van der Waals surface area contributed by atoms with Crippen molar-refractivity contribution in [3.8, 4) is 0 Å². The van der Waals surface area contributed by atoms with Crippen molar-refractivity contribution in [2.45, 2.75) is 32.7 Å². The minimum absolute atomic E-state index is 0. The predicted octanol–water partition coefficient (Wildman–Crippen LogP) is 0.929. The van der Waals surface area contributed by atoms with Crippen molar-refractivity contribution < 1.29 is 4.79 Å². The van der Waals surface area contributed by atoms with Crippen LogP contribution in [0.15, 0.2) is 0 Å². The van der Waals surface area contributed by atoms with E-state index in [-0.39, 0.29) is 42.2 Å². The molecule has 0 spiro atoms. The van der Waals surface area contributed by atoms with Crippen molar-refractivity contribution in [1.29, 1.82) is 0 Å². The lowest BCUT2D eigenvalue weighted by atomic mass is 9.89. The molecule has 1 rings (SSSR count). The van der Waals surface area contributed by atoms with Crippen molar-refractivity contribution >= 4 is 30.7 Å². The van der Waals surface area contributed by atoms with Crippen LogP contribution in [0.1, 0.15) is 27.2 Å². The van der Waals surface area contributed by atoms with Crippen LogP contribution in [-0.4, -0.2) is 31.1 Å². The van der Waals surface area contributed by atoms with Crippen molar-refractivity contribution in [2.75, 3.05) is 19.6 Å². The number of nitrogens with one attached hydrogen (secondary N) is 2. The lowest BCUT2D eigenvalue weighted by Crippen LogP contribution is -2.58. The fourth-order valence-corrected chi connectivity index (χ4v) is 1.96. The fraction of sp³-hybridized carbons (Fsp3) is 0.909. The Morgan fingerprint density at radius 1 is 1.47 bits per heavy atom. The third kappa shape index (κ3) is 5.91. The van der Waals surface area contributed by atoms with Gasteiger partial charge in [-0.3, -0.25) is 4.79 Å². The average molecular weight is 286 g/mol. The van der Waals surface area contributed by atoms with Gasteiger partial charge in [-0.2, -0.15) is 0 Å². The van der Waals surface area contributed by atoms with Crippen LogP contribution in [0.3, 0.4) is 0 Å². The van der Waals surface area contributed by atoms with Crippen LogP contribution in [0.25, 0.3) is 0 Å². The Morgan fingerprint density at radius 3 is 2.29 bits per heavy atom. The number of carbonyl (C=O) groups excluding carboxylic acids is 1. The van der Waals surface area contributed by atoms with Crippen LogP contribution in [0.2, 0.25) is 0 Å². The van der Waals surface area contributed by atoms with E-state index in [2.05, 4.69) is 24.5 Å². The second kappa shape index (κ2) is 8.14. The summed E-state index contributed by atoms with van der Waals surface area (Å²) in [5.41, 5.74) is 5.48. The Bertz CT molecular complexity index is 235. The molecular weight excluding hydrogens is 261 g/mol. The van der Waals surface area contributed by atoms with Crippen molar-refractivity contribution in [3.63, 3.8) is 0 Å². The van der Waals surface area contributed by atoms with Crippen LogP contribution in [0.4, 0.5) is 0 Å². The van der Waals surface area contributed by atoms with Gasteiger partial charge in [0.1, 0.15) is 0 Å². The summed E-state index contributed by atoms with van der Waals surface area (Å²) in [5, 5.41) is 6.17. The van der Waals surface area contributed by atoms with E-state index in [1.165, 1.54) is 0 Å². The second-order valence-corrected chi connectivity index (χ2v) is 5.21. The van der Waals surface area contributed by atoms with Gasteiger partial charge in [0.15, 0.2) is 0 Å². The largest absolute Gasteiger partial charge is 0.349 e. The first-order valence-corrected chi connectivity index (χ1v) is 5.69. The predicted molar refractivity (Wildman–Crippen MR) is 75.9 cm³/mol. The zero-order valence-corrected chi connectivity index (χ0v) is 12.4. The molecule has 6 heteroatoms. The summed E-state index contributed by atoms with van der Waals surface area (Å²) in [7, 11) is 0. The van der Waals surface area contributed by atoms with Gasteiger partial charge >= 0.3 is 0 Å². The van der Waals surface area contributed by atoms with E-state index in [1.54, 1.807) is 0 Å². The van der Waals surface area contributed by atoms with Gasteiger partial charge in [0.2, 0.25) is 5.91 Å². The standard InChI is InChI=1S/C11H23N3O.2ClH/c1-8(2)4-11(3,7-12)14-10(15)9-5-13-6-9;;/h8-9,13H,4-7,12H2,1-3H3,(H,14,15);2*1H. The van der Waals surface area contributed by atoms with Crippen LogP contribution in [0.5, 0.6) is 0 Å².